The van der Waals surface area contributed by atoms with E-state index < -0.39 is 16.0 Å². The van der Waals surface area contributed by atoms with Gasteiger partial charge in [-0.2, -0.15) is 4.31 Å². The highest BCUT2D eigenvalue weighted by Gasteiger charge is 2.29. The van der Waals surface area contributed by atoms with Crippen LogP contribution in [0, 0.1) is 0 Å². The number of thiazole rings is 1. The molecule has 1 aliphatic heterocycles. The van der Waals surface area contributed by atoms with Gasteiger partial charge in [-0.1, -0.05) is 0 Å². The molecule has 196 valence electrons. The predicted molar refractivity (Wildman–Crippen MR) is 140 cm³/mol. The van der Waals surface area contributed by atoms with Gasteiger partial charge in [0.25, 0.3) is 0 Å². The minimum atomic E-state index is -3.71. The average molecular weight is 545 g/mol. The second kappa shape index (κ2) is 11.8. The molecule has 12 heteroatoms. The van der Waals surface area contributed by atoms with Crippen LogP contribution in [-0.2, 0) is 19.6 Å². The number of piperazine rings is 1. The first kappa shape index (κ1) is 26.7. The van der Waals surface area contributed by atoms with Crippen molar-refractivity contribution < 1.29 is 27.5 Å². The van der Waals surface area contributed by atoms with Crippen molar-refractivity contribution in [2.75, 3.05) is 51.8 Å². The Morgan fingerprint density at radius 1 is 1.03 bits per heavy atom. The number of ether oxygens (including phenoxy) is 2. The maximum absolute atomic E-state index is 13.0. The summed E-state index contributed by atoms with van der Waals surface area (Å²) in [4.78, 5) is 30.9. The summed E-state index contributed by atoms with van der Waals surface area (Å²) >= 11 is 1.34. The summed E-state index contributed by atoms with van der Waals surface area (Å²) in [6.07, 6.45) is 0. The molecule has 0 aliphatic carbocycles. The zero-order valence-electron chi connectivity index (χ0n) is 20.5. The lowest BCUT2D eigenvalue weighted by Crippen LogP contribution is -2.50. The first-order chi connectivity index (χ1) is 17.8. The minimum Gasteiger partial charge on any atom is -0.497 e. The highest BCUT2D eigenvalue weighted by molar-refractivity contribution is 7.89. The van der Waals surface area contributed by atoms with Crippen LogP contribution in [0.5, 0.6) is 5.75 Å². The lowest BCUT2D eigenvalue weighted by Gasteiger charge is -2.33. The number of hydrogen-bond donors (Lipinski definition) is 1. The number of nitrogens with zero attached hydrogens (tertiary/aromatic N) is 3. The van der Waals surface area contributed by atoms with Gasteiger partial charge in [-0.25, -0.2) is 18.2 Å². The molecular weight excluding hydrogens is 516 g/mol. The Bertz CT molecular complexity index is 1330. The van der Waals surface area contributed by atoms with Crippen LogP contribution in [0.4, 0.5) is 5.13 Å². The SMILES string of the molecule is CCOC(=O)c1ccc(S(=O)(=O)N2CCN(CC(=O)Nc3nc(-c4ccc(OC)cc4)cs3)CC2)cc1. The minimum absolute atomic E-state index is 0.114. The maximum Gasteiger partial charge on any atom is 0.338 e. The lowest BCUT2D eigenvalue weighted by atomic mass is 10.2. The average Bonchev–Trinajstić information content (AvgIpc) is 3.37. The van der Waals surface area contributed by atoms with E-state index in [4.69, 9.17) is 9.47 Å². The largest absolute Gasteiger partial charge is 0.497 e. The molecule has 10 nitrogen and oxygen atoms in total. The van der Waals surface area contributed by atoms with Crippen molar-refractivity contribution >= 4 is 38.4 Å². The van der Waals surface area contributed by atoms with E-state index in [1.807, 2.05) is 34.5 Å². The summed E-state index contributed by atoms with van der Waals surface area (Å²) in [5, 5.41) is 5.20. The molecule has 1 fully saturated rings. The standard InChI is InChI=1S/C25H28N4O6S2/c1-3-35-24(31)19-6-10-21(11-7-19)37(32,33)29-14-12-28(13-15-29)16-23(30)27-25-26-22(17-36-25)18-4-8-20(34-2)9-5-18/h4-11,17H,3,12-16H2,1-2H3,(H,26,27,30). The maximum atomic E-state index is 13.0. The van der Waals surface area contributed by atoms with E-state index in [-0.39, 0.29) is 37.0 Å². The van der Waals surface area contributed by atoms with E-state index >= 15 is 0 Å². The highest BCUT2D eigenvalue weighted by atomic mass is 32.2. The number of amides is 1. The summed E-state index contributed by atoms with van der Waals surface area (Å²) in [7, 11) is -2.10. The van der Waals surface area contributed by atoms with E-state index in [0.717, 1.165) is 17.0 Å². The van der Waals surface area contributed by atoms with E-state index in [0.29, 0.717) is 23.8 Å². The normalized spacial score (nSPS) is 14.8. The quantitative estimate of drug-likeness (QED) is 0.409. The predicted octanol–water partition coefficient (Wildman–Crippen LogP) is 2.94. The monoisotopic (exact) mass is 544 g/mol. The van der Waals surface area contributed by atoms with Crippen LogP contribution in [0.2, 0.25) is 0 Å². The molecule has 0 unspecified atom stereocenters. The third-order valence-electron chi connectivity index (χ3n) is 5.84. The fourth-order valence-corrected chi connectivity index (χ4v) is 6.00. The van der Waals surface area contributed by atoms with Crippen LogP contribution in [0.3, 0.4) is 0 Å². The molecule has 4 rings (SSSR count). The Balaban J connectivity index is 1.28. The summed E-state index contributed by atoms with van der Waals surface area (Å²) in [6, 6.07) is 13.2. The Morgan fingerprint density at radius 2 is 1.70 bits per heavy atom. The molecule has 1 aromatic heterocycles. The second-order valence-corrected chi connectivity index (χ2v) is 11.0. The fourth-order valence-electron chi connectivity index (χ4n) is 3.84. The summed E-state index contributed by atoms with van der Waals surface area (Å²) < 4.78 is 37.5. The zero-order valence-corrected chi connectivity index (χ0v) is 22.2. The molecule has 0 saturated carbocycles. The molecule has 1 N–H and O–H groups in total. The smallest absolute Gasteiger partial charge is 0.338 e. The van der Waals surface area contributed by atoms with Crippen LogP contribution in [0.1, 0.15) is 17.3 Å². The van der Waals surface area contributed by atoms with E-state index in [1.165, 1.54) is 39.9 Å². The Kier molecular flexibility index (Phi) is 8.54. The van der Waals surface area contributed by atoms with Gasteiger partial charge in [-0.3, -0.25) is 9.69 Å². The second-order valence-electron chi connectivity index (χ2n) is 8.24. The number of nitrogens with one attached hydrogen (secondary N) is 1. The van der Waals surface area contributed by atoms with Gasteiger partial charge in [-0.15, -0.1) is 11.3 Å². The van der Waals surface area contributed by atoms with Crippen molar-refractivity contribution in [3.05, 3.63) is 59.5 Å². The number of benzene rings is 2. The molecule has 0 spiro atoms. The van der Waals surface area contributed by atoms with Gasteiger partial charge in [-0.05, 0) is 55.5 Å². The number of aromatic nitrogens is 1. The molecule has 1 aliphatic rings. The van der Waals surface area contributed by atoms with Crippen LogP contribution in [0.25, 0.3) is 11.3 Å². The number of rotatable bonds is 9. The third-order valence-corrected chi connectivity index (χ3v) is 8.51. The van der Waals surface area contributed by atoms with Gasteiger partial charge in [0, 0.05) is 37.1 Å². The van der Waals surface area contributed by atoms with Crippen LogP contribution in [-0.4, -0.2) is 80.9 Å². The number of anilines is 1. The van der Waals surface area contributed by atoms with Crippen LogP contribution in [0.15, 0.2) is 58.8 Å². The van der Waals surface area contributed by atoms with Crippen molar-refractivity contribution in [3.8, 4) is 17.0 Å². The highest BCUT2D eigenvalue weighted by Crippen LogP contribution is 2.26. The Morgan fingerprint density at radius 3 is 2.32 bits per heavy atom. The van der Waals surface area contributed by atoms with Gasteiger partial charge >= 0.3 is 5.97 Å². The first-order valence-electron chi connectivity index (χ1n) is 11.7. The van der Waals surface area contributed by atoms with Gasteiger partial charge in [0.15, 0.2) is 5.13 Å². The fraction of sp³-hybridized carbons (Fsp3) is 0.320. The first-order valence-corrected chi connectivity index (χ1v) is 14.0. The van der Waals surface area contributed by atoms with Gasteiger partial charge in [0.1, 0.15) is 5.75 Å². The molecule has 0 radical (unpaired) electrons. The topological polar surface area (TPSA) is 118 Å². The number of methoxy groups -OCH3 is 1. The van der Waals surface area contributed by atoms with Crippen LogP contribution < -0.4 is 10.1 Å². The van der Waals surface area contributed by atoms with Crippen LogP contribution >= 0.6 is 11.3 Å². The number of carbonyl (C=O) groups is 2. The molecule has 0 bridgehead atoms. The van der Waals surface area contributed by atoms with Gasteiger partial charge < -0.3 is 14.8 Å². The van der Waals surface area contributed by atoms with Crippen molar-refractivity contribution in [1.29, 1.82) is 0 Å². The molecule has 1 saturated heterocycles. The third kappa shape index (κ3) is 6.52. The number of hydrogen-bond acceptors (Lipinski definition) is 9. The Hall–Kier alpha value is -3.32. The van der Waals surface area contributed by atoms with Crippen molar-refractivity contribution in [2.24, 2.45) is 0 Å². The zero-order chi connectivity index (χ0) is 26.4. The molecule has 2 aromatic carbocycles. The Labute approximate surface area is 219 Å². The summed E-state index contributed by atoms with van der Waals surface area (Å²) in [6.45, 7) is 3.45. The molecule has 0 atom stereocenters. The van der Waals surface area contributed by atoms with E-state index in [2.05, 4.69) is 10.3 Å². The van der Waals surface area contributed by atoms with Crippen molar-refractivity contribution in [1.82, 2.24) is 14.2 Å². The summed E-state index contributed by atoms with van der Waals surface area (Å²) in [5.74, 6) is 0.0573. The van der Waals surface area contributed by atoms with E-state index in [9.17, 15) is 18.0 Å². The molecule has 1 amide bonds. The molecule has 2 heterocycles. The molecule has 37 heavy (non-hydrogen) atoms. The molecule has 3 aromatic rings. The number of sulfonamides is 1. The van der Waals surface area contributed by atoms with Crippen molar-refractivity contribution in [3.63, 3.8) is 0 Å². The molecular formula is C25H28N4O6S2. The number of carbonyl (C=O) groups excluding carboxylic acids is 2. The van der Waals surface area contributed by atoms with Gasteiger partial charge in [0.2, 0.25) is 15.9 Å². The van der Waals surface area contributed by atoms with E-state index in [1.54, 1.807) is 14.0 Å². The lowest BCUT2D eigenvalue weighted by molar-refractivity contribution is -0.117. The van der Waals surface area contributed by atoms with Crippen molar-refractivity contribution in [2.45, 2.75) is 11.8 Å². The number of esters is 1. The summed E-state index contributed by atoms with van der Waals surface area (Å²) in [5.41, 5.74) is 1.98. The van der Waals surface area contributed by atoms with Gasteiger partial charge in [0.05, 0.1) is 36.4 Å².